The molecular weight excluding hydrogens is 719 g/mol. The van der Waals surface area contributed by atoms with Gasteiger partial charge in [-0.3, -0.25) is 0 Å². The van der Waals surface area contributed by atoms with E-state index in [4.69, 9.17) is 8.83 Å². The van der Waals surface area contributed by atoms with Crippen molar-refractivity contribution in [3.63, 3.8) is 0 Å². The summed E-state index contributed by atoms with van der Waals surface area (Å²) >= 11 is 0. The first-order chi connectivity index (χ1) is 29.3. The van der Waals surface area contributed by atoms with E-state index in [9.17, 15) is 0 Å². The zero-order chi connectivity index (χ0) is 38.9. The Morgan fingerprint density at radius 3 is 1.59 bits per heavy atom. The summed E-state index contributed by atoms with van der Waals surface area (Å²) in [5.74, 6) is 0. The Morgan fingerprint density at radius 1 is 0.305 bits per heavy atom. The summed E-state index contributed by atoms with van der Waals surface area (Å²) in [7, 11) is 0. The van der Waals surface area contributed by atoms with Crippen molar-refractivity contribution in [1.29, 1.82) is 0 Å². The molecule has 12 rings (SSSR count). The molecular formula is C56H35NO2. The van der Waals surface area contributed by atoms with Crippen molar-refractivity contribution in [2.24, 2.45) is 0 Å². The third kappa shape index (κ3) is 5.29. The third-order valence-corrected chi connectivity index (χ3v) is 11.9. The van der Waals surface area contributed by atoms with E-state index >= 15 is 0 Å². The molecule has 12 aromatic rings. The third-order valence-electron chi connectivity index (χ3n) is 11.9. The van der Waals surface area contributed by atoms with Gasteiger partial charge in [-0.2, -0.15) is 0 Å². The van der Waals surface area contributed by atoms with Crippen molar-refractivity contribution in [2.75, 3.05) is 4.90 Å². The van der Waals surface area contributed by atoms with Gasteiger partial charge in [-0.1, -0.05) is 176 Å². The summed E-state index contributed by atoms with van der Waals surface area (Å²) in [5.41, 5.74) is 13.5. The van der Waals surface area contributed by atoms with Crippen LogP contribution in [0.1, 0.15) is 0 Å². The fourth-order valence-electron chi connectivity index (χ4n) is 9.20. The van der Waals surface area contributed by atoms with E-state index in [0.717, 1.165) is 83.0 Å². The summed E-state index contributed by atoms with van der Waals surface area (Å²) in [6.07, 6.45) is 0. The van der Waals surface area contributed by atoms with Gasteiger partial charge in [-0.25, -0.2) is 0 Å². The maximum absolute atomic E-state index is 6.55. The molecule has 0 spiro atoms. The Balaban J connectivity index is 1.15. The minimum Gasteiger partial charge on any atom is -0.456 e. The molecule has 59 heavy (non-hydrogen) atoms. The standard InChI is InChI=1S/C56H35NO2/c1-2-14-36(15-3-1)37-28-30-39(31-29-37)53-45-19-6-4-16-42(45)43-17-5-7-20-46(43)55(53)57(49-24-13-27-52-54(49)48-21-9-11-26-51(48)58-52)40-34-32-38(33-35-40)41-22-12-23-47-44-18-8-10-25-50(44)59-56(41)47/h1-35H. The second-order valence-corrected chi connectivity index (χ2v) is 15.2. The van der Waals surface area contributed by atoms with Crippen LogP contribution in [0.3, 0.4) is 0 Å². The quantitative estimate of drug-likeness (QED) is 0.158. The van der Waals surface area contributed by atoms with E-state index < -0.39 is 0 Å². The van der Waals surface area contributed by atoms with E-state index in [1.54, 1.807) is 0 Å². The Kier molecular flexibility index (Phi) is 7.54. The van der Waals surface area contributed by atoms with Crippen LogP contribution >= 0.6 is 0 Å². The number of hydrogen-bond acceptors (Lipinski definition) is 3. The molecule has 0 radical (unpaired) electrons. The lowest BCUT2D eigenvalue weighted by atomic mass is 9.89. The topological polar surface area (TPSA) is 29.5 Å². The minimum absolute atomic E-state index is 0.848. The number of hydrogen-bond donors (Lipinski definition) is 0. The molecule has 0 aliphatic rings. The maximum Gasteiger partial charge on any atom is 0.143 e. The molecule has 0 aliphatic carbocycles. The van der Waals surface area contributed by atoms with E-state index in [2.05, 4.69) is 199 Å². The molecule has 10 aromatic carbocycles. The lowest BCUT2D eigenvalue weighted by molar-refractivity contribution is 0.669. The number of rotatable bonds is 6. The van der Waals surface area contributed by atoms with E-state index in [1.807, 2.05) is 18.2 Å². The highest BCUT2D eigenvalue weighted by atomic mass is 16.3. The van der Waals surface area contributed by atoms with E-state index in [1.165, 1.54) is 32.8 Å². The van der Waals surface area contributed by atoms with Crippen LogP contribution < -0.4 is 4.90 Å². The van der Waals surface area contributed by atoms with Gasteiger partial charge in [0.15, 0.2) is 0 Å². The number of benzene rings is 10. The highest BCUT2D eigenvalue weighted by Gasteiger charge is 2.26. The summed E-state index contributed by atoms with van der Waals surface area (Å²) in [6.45, 7) is 0. The molecule has 0 saturated carbocycles. The van der Waals surface area contributed by atoms with E-state index in [-0.39, 0.29) is 0 Å². The number of para-hydroxylation sites is 3. The van der Waals surface area contributed by atoms with Crippen molar-refractivity contribution in [3.8, 4) is 33.4 Å². The summed E-state index contributed by atoms with van der Waals surface area (Å²) < 4.78 is 13.1. The average Bonchev–Trinajstić information content (AvgIpc) is 3.89. The summed E-state index contributed by atoms with van der Waals surface area (Å²) in [6, 6.07) is 75.8. The van der Waals surface area contributed by atoms with Gasteiger partial charge in [-0.05, 0) is 74.8 Å². The Labute approximate surface area is 340 Å². The zero-order valence-corrected chi connectivity index (χ0v) is 32.0. The molecule has 0 atom stereocenters. The van der Waals surface area contributed by atoms with Crippen LogP contribution in [-0.2, 0) is 0 Å². The van der Waals surface area contributed by atoms with Gasteiger partial charge in [0.1, 0.15) is 22.3 Å². The fraction of sp³-hybridized carbons (Fsp3) is 0. The van der Waals surface area contributed by atoms with Crippen LogP contribution in [0.2, 0.25) is 0 Å². The first-order valence-corrected chi connectivity index (χ1v) is 20.1. The molecule has 2 aromatic heterocycles. The maximum atomic E-state index is 6.55. The highest BCUT2D eigenvalue weighted by Crippen LogP contribution is 2.52. The molecule has 0 N–H and O–H groups in total. The van der Waals surface area contributed by atoms with Gasteiger partial charge < -0.3 is 13.7 Å². The highest BCUT2D eigenvalue weighted by molar-refractivity contribution is 6.24. The number of anilines is 3. The smallest absolute Gasteiger partial charge is 0.143 e. The van der Waals surface area contributed by atoms with Crippen LogP contribution in [0.5, 0.6) is 0 Å². The van der Waals surface area contributed by atoms with Crippen molar-refractivity contribution in [2.45, 2.75) is 0 Å². The predicted octanol–water partition coefficient (Wildman–Crippen LogP) is 16.3. The van der Waals surface area contributed by atoms with Crippen molar-refractivity contribution >= 4 is 82.5 Å². The van der Waals surface area contributed by atoms with Gasteiger partial charge in [-0.15, -0.1) is 0 Å². The second kappa shape index (κ2) is 13.4. The average molecular weight is 754 g/mol. The fourth-order valence-corrected chi connectivity index (χ4v) is 9.20. The number of furan rings is 2. The van der Waals surface area contributed by atoms with Gasteiger partial charge in [0, 0.05) is 38.4 Å². The first kappa shape index (κ1) is 33.3. The van der Waals surface area contributed by atoms with Crippen LogP contribution in [-0.4, -0.2) is 0 Å². The predicted molar refractivity (Wildman–Crippen MR) is 247 cm³/mol. The molecule has 276 valence electrons. The van der Waals surface area contributed by atoms with Crippen LogP contribution in [0, 0.1) is 0 Å². The largest absolute Gasteiger partial charge is 0.456 e. The van der Waals surface area contributed by atoms with Crippen LogP contribution in [0.15, 0.2) is 221 Å². The normalized spacial score (nSPS) is 11.7. The number of fused-ring (bicyclic) bond motifs is 9. The molecule has 0 fully saturated rings. The molecule has 0 amide bonds. The first-order valence-electron chi connectivity index (χ1n) is 20.1. The summed E-state index contributed by atoms with van der Waals surface area (Å²) in [4.78, 5) is 2.46. The molecule has 0 unspecified atom stereocenters. The number of nitrogens with zero attached hydrogens (tertiary/aromatic N) is 1. The monoisotopic (exact) mass is 753 g/mol. The van der Waals surface area contributed by atoms with Crippen LogP contribution in [0.25, 0.3) is 98.8 Å². The molecule has 3 nitrogen and oxygen atoms in total. The van der Waals surface area contributed by atoms with E-state index in [0.29, 0.717) is 0 Å². The SMILES string of the molecule is c1ccc(-c2ccc(-c3c(N(c4ccc(-c5cccc6c5oc5ccccc56)cc4)c4cccc5oc6ccccc6c45)c4ccccc4c4ccccc34)cc2)cc1. The van der Waals surface area contributed by atoms with Crippen molar-refractivity contribution in [3.05, 3.63) is 212 Å². The lowest BCUT2D eigenvalue weighted by Gasteiger charge is -2.31. The second-order valence-electron chi connectivity index (χ2n) is 15.2. The van der Waals surface area contributed by atoms with Crippen molar-refractivity contribution in [1.82, 2.24) is 0 Å². The summed E-state index contributed by atoms with van der Waals surface area (Å²) in [5, 5.41) is 9.16. The zero-order valence-electron chi connectivity index (χ0n) is 32.0. The van der Waals surface area contributed by atoms with Gasteiger partial charge in [0.25, 0.3) is 0 Å². The molecule has 0 aliphatic heterocycles. The minimum atomic E-state index is 0.848. The molecule has 3 heteroatoms. The van der Waals surface area contributed by atoms with Gasteiger partial charge in [0.05, 0.1) is 16.8 Å². The Morgan fingerprint density at radius 2 is 0.831 bits per heavy atom. The Bertz CT molecular complexity index is 3540. The molecule has 2 heterocycles. The lowest BCUT2D eigenvalue weighted by Crippen LogP contribution is -2.13. The van der Waals surface area contributed by atoms with Gasteiger partial charge >= 0.3 is 0 Å². The molecule has 0 bridgehead atoms. The molecule has 0 saturated heterocycles. The van der Waals surface area contributed by atoms with Gasteiger partial charge in [0.2, 0.25) is 0 Å². The Hall–Kier alpha value is -7.88. The van der Waals surface area contributed by atoms with Crippen molar-refractivity contribution < 1.29 is 8.83 Å². The van der Waals surface area contributed by atoms with Crippen LogP contribution in [0.4, 0.5) is 17.1 Å².